The van der Waals surface area contributed by atoms with Crippen LogP contribution in [0.5, 0.6) is 11.5 Å². The molecule has 260 valence electrons. The number of carbonyl (C=O) groups excluding carboxylic acids is 2. The first-order chi connectivity index (χ1) is 21.5. The predicted octanol–water partition coefficient (Wildman–Crippen LogP) is 7.38. The number of amides is 1. The van der Waals surface area contributed by atoms with Gasteiger partial charge in [-0.25, -0.2) is 4.79 Å². The summed E-state index contributed by atoms with van der Waals surface area (Å²) in [6, 6.07) is 3.66. The number of allylic oxidation sites excluding steroid dienone is 1. The molecule has 11 heteroatoms. The summed E-state index contributed by atoms with van der Waals surface area (Å²) in [6.07, 6.45) is 2.56. The summed E-state index contributed by atoms with van der Waals surface area (Å²) in [4.78, 5) is 26.1. The number of ketones is 1. The highest BCUT2D eigenvalue weighted by atomic mass is 28.4. The lowest BCUT2D eigenvalue weighted by molar-refractivity contribution is -0.181. The molecule has 1 aliphatic rings. The number of ether oxygens (including phenoxy) is 6. The fourth-order valence-corrected chi connectivity index (χ4v) is 12.0. The summed E-state index contributed by atoms with van der Waals surface area (Å²) in [6.45, 7) is 19.4. The summed E-state index contributed by atoms with van der Waals surface area (Å²) in [7, 11) is 5.38. The maximum absolute atomic E-state index is 13.5. The van der Waals surface area contributed by atoms with E-state index in [-0.39, 0.29) is 12.3 Å². The minimum Gasteiger partial charge on any atom is -0.493 e. The van der Waals surface area contributed by atoms with Gasteiger partial charge in [0.2, 0.25) is 5.78 Å². The zero-order valence-electron chi connectivity index (χ0n) is 30.4. The molecule has 46 heavy (non-hydrogen) atoms. The smallest absolute Gasteiger partial charge is 0.407 e. The van der Waals surface area contributed by atoms with Crippen molar-refractivity contribution in [1.82, 2.24) is 5.32 Å². The maximum atomic E-state index is 13.5. The molecule has 1 N–H and O–H groups in total. The standard InChI is InChI=1S/C35H57NO9Si/c1-22(2)46(23(3)4,24(5)6)44-16-15-25-17-32(37)35(42-13,43-14)20-28(25)26-18-29(39-10)30(40-11)19-27(26)31(41-12)21-36-33(38)45-34(7,8)9/h17-20,22-24,31H,15-16,21H2,1-14H3,(H,36,38). The summed E-state index contributed by atoms with van der Waals surface area (Å²) in [5.41, 5.74) is 3.44. The van der Waals surface area contributed by atoms with Crippen LogP contribution in [0.1, 0.15) is 86.0 Å². The number of alkyl carbamates (subject to hydrolysis) is 1. The van der Waals surface area contributed by atoms with Crippen molar-refractivity contribution < 1.29 is 42.4 Å². The topological polar surface area (TPSA) is 111 Å². The monoisotopic (exact) mass is 663 g/mol. The molecule has 0 aromatic heterocycles. The van der Waals surface area contributed by atoms with Crippen molar-refractivity contribution in [1.29, 1.82) is 0 Å². The van der Waals surface area contributed by atoms with Gasteiger partial charge in [0.1, 0.15) is 11.7 Å². The van der Waals surface area contributed by atoms with Crippen molar-refractivity contribution in [2.24, 2.45) is 0 Å². The van der Waals surface area contributed by atoms with Gasteiger partial charge in [0, 0.05) is 27.9 Å². The molecule has 0 bridgehead atoms. The molecule has 1 aromatic rings. The molecule has 1 aliphatic carbocycles. The fourth-order valence-electron chi connectivity index (χ4n) is 6.59. The predicted molar refractivity (Wildman–Crippen MR) is 183 cm³/mol. The number of benzene rings is 1. The fraction of sp³-hybridized carbons (Fsp3) is 0.657. The van der Waals surface area contributed by atoms with Crippen LogP contribution in [-0.2, 0) is 28.2 Å². The molecular weight excluding hydrogens is 606 g/mol. The zero-order valence-corrected chi connectivity index (χ0v) is 31.4. The Morgan fingerprint density at radius 3 is 1.89 bits per heavy atom. The third kappa shape index (κ3) is 8.80. The van der Waals surface area contributed by atoms with Gasteiger partial charge in [0.25, 0.3) is 5.79 Å². The molecule has 0 spiro atoms. The van der Waals surface area contributed by atoms with Crippen LogP contribution in [0.15, 0.2) is 29.9 Å². The first-order valence-corrected chi connectivity index (χ1v) is 18.1. The van der Waals surface area contributed by atoms with Gasteiger partial charge in [-0.15, -0.1) is 0 Å². The Morgan fingerprint density at radius 2 is 1.43 bits per heavy atom. The van der Waals surface area contributed by atoms with Gasteiger partial charge >= 0.3 is 6.09 Å². The van der Waals surface area contributed by atoms with Crippen molar-refractivity contribution in [2.75, 3.05) is 48.7 Å². The Kier molecular flexibility index (Phi) is 14.1. The van der Waals surface area contributed by atoms with E-state index < -0.39 is 31.9 Å². The van der Waals surface area contributed by atoms with Crippen molar-refractivity contribution in [2.45, 2.75) is 103 Å². The molecule has 1 unspecified atom stereocenters. The van der Waals surface area contributed by atoms with E-state index in [0.29, 0.717) is 57.9 Å². The van der Waals surface area contributed by atoms with Gasteiger partial charge in [0.15, 0.2) is 19.8 Å². The molecule has 10 nitrogen and oxygen atoms in total. The van der Waals surface area contributed by atoms with E-state index in [1.807, 2.05) is 12.1 Å². The Labute approximate surface area is 277 Å². The Hall–Kier alpha value is -2.70. The van der Waals surface area contributed by atoms with Crippen molar-refractivity contribution in [3.05, 3.63) is 41.0 Å². The number of hydrogen-bond acceptors (Lipinski definition) is 9. The second kappa shape index (κ2) is 16.4. The number of carbonyl (C=O) groups is 2. The van der Waals surface area contributed by atoms with Crippen LogP contribution in [0.25, 0.3) is 5.57 Å². The molecule has 0 heterocycles. The van der Waals surface area contributed by atoms with E-state index in [9.17, 15) is 9.59 Å². The van der Waals surface area contributed by atoms with Crippen LogP contribution in [0.4, 0.5) is 4.79 Å². The molecule has 0 saturated carbocycles. The molecule has 1 aromatic carbocycles. The van der Waals surface area contributed by atoms with Crippen LogP contribution >= 0.6 is 0 Å². The van der Waals surface area contributed by atoms with E-state index in [2.05, 4.69) is 46.9 Å². The first kappa shape index (κ1) is 39.5. The Balaban J connectivity index is 2.70. The van der Waals surface area contributed by atoms with Gasteiger partial charge < -0.3 is 38.2 Å². The highest BCUT2D eigenvalue weighted by Crippen LogP contribution is 2.45. The van der Waals surface area contributed by atoms with E-state index >= 15 is 0 Å². The molecule has 0 radical (unpaired) electrons. The van der Waals surface area contributed by atoms with Crippen LogP contribution in [-0.4, -0.2) is 80.3 Å². The minimum atomic E-state index is -2.16. The number of nitrogens with one attached hydrogen (secondary N) is 1. The maximum Gasteiger partial charge on any atom is 0.407 e. The number of hydrogen-bond donors (Lipinski definition) is 1. The normalized spacial score (nSPS) is 16.0. The third-order valence-electron chi connectivity index (χ3n) is 8.67. The molecule has 1 amide bonds. The molecule has 0 aliphatic heterocycles. The van der Waals surface area contributed by atoms with E-state index in [1.54, 1.807) is 54.3 Å². The molecule has 0 fully saturated rings. The summed E-state index contributed by atoms with van der Waals surface area (Å²) in [5, 5.41) is 2.81. The van der Waals surface area contributed by atoms with E-state index in [0.717, 1.165) is 5.57 Å². The van der Waals surface area contributed by atoms with Crippen LogP contribution in [0, 0.1) is 0 Å². The van der Waals surface area contributed by atoms with Gasteiger partial charge in [-0.05, 0) is 90.4 Å². The Bertz CT molecular complexity index is 1240. The van der Waals surface area contributed by atoms with Crippen molar-refractivity contribution in [3.8, 4) is 11.5 Å². The first-order valence-electron chi connectivity index (χ1n) is 15.9. The lowest BCUT2D eigenvalue weighted by atomic mass is 9.83. The van der Waals surface area contributed by atoms with Gasteiger partial charge in [0.05, 0.1) is 20.8 Å². The Morgan fingerprint density at radius 1 is 0.891 bits per heavy atom. The lowest BCUT2D eigenvalue weighted by Gasteiger charge is -2.42. The highest BCUT2D eigenvalue weighted by molar-refractivity contribution is 6.77. The molecule has 0 saturated heterocycles. The van der Waals surface area contributed by atoms with Crippen LogP contribution in [0.2, 0.25) is 16.6 Å². The highest BCUT2D eigenvalue weighted by Gasteiger charge is 2.45. The van der Waals surface area contributed by atoms with E-state index in [4.69, 9.17) is 32.8 Å². The van der Waals surface area contributed by atoms with Crippen molar-refractivity contribution >= 4 is 25.8 Å². The van der Waals surface area contributed by atoms with Gasteiger partial charge in [-0.3, -0.25) is 4.79 Å². The zero-order chi connectivity index (χ0) is 35.0. The summed E-state index contributed by atoms with van der Waals surface area (Å²) < 4.78 is 41.0. The summed E-state index contributed by atoms with van der Waals surface area (Å²) in [5.74, 6) is -0.995. The van der Waals surface area contributed by atoms with Crippen LogP contribution in [0.3, 0.4) is 0 Å². The number of rotatable bonds is 16. The second-order valence-electron chi connectivity index (χ2n) is 13.5. The number of methoxy groups -OCH3 is 5. The summed E-state index contributed by atoms with van der Waals surface area (Å²) >= 11 is 0. The average Bonchev–Trinajstić information content (AvgIpc) is 2.98. The van der Waals surface area contributed by atoms with Gasteiger partial charge in [-0.1, -0.05) is 41.5 Å². The largest absolute Gasteiger partial charge is 0.493 e. The molecular formula is C35H57NO9Si. The van der Waals surface area contributed by atoms with Crippen molar-refractivity contribution in [3.63, 3.8) is 0 Å². The minimum absolute atomic E-state index is 0.104. The van der Waals surface area contributed by atoms with E-state index in [1.165, 1.54) is 14.2 Å². The SMILES string of the molecule is COc1cc(C2=CC(OC)(OC)C(=O)C=C2CCO[Si](C(C)C)(C(C)C)C(C)C)c(C(CNC(=O)OC(C)(C)C)OC)cc1OC. The molecule has 2 rings (SSSR count). The third-order valence-corrected chi connectivity index (χ3v) is 14.8. The van der Waals surface area contributed by atoms with Crippen LogP contribution < -0.4 is 14.8 Å². The lowest BCUT2D eigenvalue weighted by Crippen LogP contribution is -2.48. The second-order valence-corrected chi connectivity index (χ2v) is 18.9. The molecule has 1 atom stereocenters. The average molecular weight is 664 g/mol. The quantitative estimate of drug-likeness (QED) is 0.143. The van der Waals surface area contributed by atoms with Gasteiger partial charge in [-0.2, -0.15) is 0 Å².